The van der Waals surface area contributed by atoms with Gasteiger partial charge in [0, 0.05) is 36.4 Å². The quantitative estimate of drug-likeness (QED) is 0.884. The van der Waals surface area contributed by atoms with E-state index in [9.17, 15) is 9.18 Å². The number of carbonyl (C=O) groups is 1. The smallest absolute Gasteiger partial charge is 0.319 e. The molecular weight excluding hydrogens is 333 g/mol. The number of morpholine rings is 1. The Bertz CT molecular complexity index is 792. The van der Waals surface area contributed by atoms with Gasteiger partial charge in [0.2, 0.25) is 0 Å². The lowest BCUT2D eigenvalue weighted by atomic mass is 10.1. The fourth-order valence-corrected chi connectivity index (χ4v) is 3.40. The minimum absolute atomic E-state index is 0.0548. The van der Waals surface area contributed by atoms with E-state index < -0.39 is 0 Å². The van der Waals surface area contributed by atoms with E-state index in [1.54, 1.807) is 6.07 Å². The van der Waals surface area contributed by atoms with Crippen molar-refractivity contribution < 1.29 is 13.9 Å². The molecule has 0 radical (unpaired) electrons. The van der Waals surface area contributed by atoms with Gasteiger partial charge in [-0.1, -0.05) is 18.2 Å². The van der Waals surface area contributed by atoms with Gasteiger partial charge in [0.25, 0.3) is 0 Å². The number of anilines is 2. The van der Waals surface area contributed by atoms with Crippen molar-refractivity contribution >= 4 is 17.4 Å². The number of nitrogens with zero attached hydrogens (tertiary/aromatic N) is 1. The molecule has 6 heteroatoms. The zero-order valence-electron chi connectivity index (χ0n) is 14.5. The molecular formula is C20H22FN3O2. The SMILES string of the molecule is O=C(Nc1cccc(N2CCOCC2)c1)N[C@@H]1C[C@H]1c1cccc(F)c1. The van der Waals surface area contributed by atoms with Crippen LogP contribution in [0.15, 0.2) is 48.5 Å². The van der Waals surface area contributed by atoms with Crippen LogP contribution in [-0.2, 0) is 4.74 Å². The summed E-state index contributed by atoms with van der Waals surface area (Å²) in [6, 6.07) is 14.2. The van der Waals surface area contributed by atoms with E-state index in [1.165, 1.54) is 12.1 Å². The van der Waals surface area contributed by atoms with Crippen LogP contribution in [0, 0.1) is 5.82 Å². The van der Waals surface area contributed by atoms with Gasteiger partial charge in [-0.25, -0.2) is 9.18 Å². The van der Waals surface area contributed by atoms with Crippen molar-refractivity contribution in [3.05, 3.63) is 59.9 Å². The number of halogens is 1. The molecule has 0 unspecified atom stereocenters. The normalized spacial score (nSPS) is 22.0. The van der Waals surface area contributed by atoms with E-state index in [0.717, 1.165) is 49.7 Å². The van der Waals surface area contributed by atoms with Crippen molar-refractivity contribution in [2.75, 3.05) is 36.5 Å². The first-order valence-electron chi connectivity index (χ1n) is 8.95. The van der Waals surface area contributed by atoms with Crippen LogP contribution in [-0.4, -0.2) is 38.4 Å². The predicted octanol–water partition coefficient (Wildman–Crippen LogP) is 3.34. The molecule has 2 fully saturated rings. The molecule has 2 aliphatic rings. The Kier molecular flexibility index (Phi) is 4.75. The Morgan fingerprint density at radius 2 is 1.92 bits per heavy atom. The lowest BCUT2D eigenvalue weighted by Crippen LogP contribution is -2.36. The summed E-state index contributed by atoms with van der Waals surface area (Å²) in [7, 11) is 0. The summed E-state index contributed by atoms with van der Waals surface area (Å²) in [4.78, 5) is 14.5. The number of hydrogen-bond donors (Lipinski definition) is 2. The molecule has 136 valence electrons. The molecule has 1 saturated heterocycles. The molecule has 1 saturated carbocycles. The molecule has 1 aliphatic heterocycles. The summed E-state index contributed by atoms with van der Waals surface area (Å²) in [5.41, 5.74) is 2.77. The highest BCUT2D eigenvalue weighted by molar-refractivity contribution is 5.90. The minimum Gasteiger partial charge on any atom is -0.378 e. The zero-order chi connectivity index (χ0) is 17.9. The average Bonchev–Trinajstić information content (AvgIpc) is 3.41. The molecule has 1 heterocycles. The Balaban J connectivity index is 1.33. The zero-order valence-corrected chi connectivity index (χ0v) is 14.5. The highest BCUT2D eigenvalue weighted by Gasteiger charge is 2.39. The second-order valence-corrected chi connectivity index (χ2v) is 6.75. The first-order chi connectivity index (χ1) is 12.7. The van der Waals surface area contributed by atoms with Crippen LogP contribution >= 0.6 is 0 Å². The number of benzene rings is 2. The number of nitrogens with one attached hydrogen (secondary N) is 2. The first kappa shape index (κ1) is 16.8. The van der Waals surface area contributed by atoms with E-state index >= 15 is 0 Å². The third-order valence-corrected chi connectivity index (χ3v) is 4.86. The molecule has 1 aliphatic carbocycles. The van der Waals surface area contributed by atoms with E-state index in [2.05, 4.69) is 15.5 Å². The van der Waals surface area contributed by atoms with Gasteiger partial charge >= 0.3 is 6.03 Å². The van der Waals surface area contributed by atoms with Crippen molar-refractivity contribution in [3.8, 4) is 0 Å². The fourth-order valence-electron chi connectivity index (χ4n) is 3.40. The molecule has 0 bridgehead atoms. The topological polar surface area (TPSA) is 53.6 Å². The van der Waals surface area contributed by atoms with E-state index in [-0.39, 0.29) is 23.8 Å². The number of amides is 2. The monoisotopic (exact) mass is 355 g/mol. The van der Waals surface area contributed by atoms with Gasteiger partial charge in [-0.05, 0) is 42.3 Å². The largest absolute Gasteiger partial charge is 0.378 e. The third-order valence-electron chi connectivity index (χ3n) is 4.86. The minimum atomic E-state index is -0.238. The maximum absolute atomic E-state index is 13.3. The van der Waals surface area contributed by atoms with Gasteiger partial charge in [-0.15, -0.1) is 0 Å². The summed E-state index contributed by atoms with van der Waals surface area (Å²) in [6.45, 7) is 3.16. The van der Waals surface area contributed by atoms with Crippen LogP contribution in [0.3, 0.4) is 0 Å². The Morgan fingerprint density at radius 1 is 1.12 bits per heavy atom. The van der Waals surface area contributed by atoms with Crippen LogP contribution in [0.25, 0.3) is 0 Å². The molecule has 2 aromatic carbocycles. The van der Waals surface area contributed by atoms with E-state index in [0.29, 0.717) is 0 Å². The highest BCUT2D eigenvalue weighted by Crippen LogP contribution is 2.40. The maximum atomic E-state index is 13.3. The van der Waals surface area contributed by atoms with Crippen LogP contribution in [0.5, 0.6) is 0 Å². The first-order valence-corrected chi connectivity index (χ1v) is 8.95. The maximum Gasteiger partial charge on any atom is 0.319 e. The molecule has 4 rings (SSSR count). The number of urea groups is 1. The molecule has 26 heavy (non-hydrogen) atoms. The molecule has 5 nitrogen and oxygen atoms in total. The van der Waals surface area contributed by atoms with Gasteiger partial charge in [0.15, 0.2) is 0 Å². The average molecular weight is 355 g/mol. The molecule has 0 aromatic heterocycles. The van der Waals surface area contributed by atoms with Crippen LogP contribution in [0.2, 0.25) is 0 Å². The van der Waals surface area contributed by atoms with Crippen molar-refractivity contribution in [2.24, 2.45) is 0 Å². The second kappa shape index (κ2) is 7.33. The lowest BCUT2D eigenvalue weighted by molar-refractivity contribution is 0.122. The summed E-state index contributed by atoms with van der Waals surface area (Å²) >= 11 is 0. The van der Waals surface area contributed by atoms with Gasteiger partial charge < -0.3 is 20.3 Å². The fraction of sp³-hybridized carbons (Fsp3) is 0.350. The molecule has 2 aromatic rings. The second-order valence-electron chi connectivity index (χ2n) is 6.75. The Labute approximate surface area is 152 Å². The van der Waals surface area contributed by atoms with E-state index in [1.807, 2.05) is 30.3 Å². The Hall–Kier alpha value is -2.60. The summed E-state index contributed by atoms with van der Waals surface area (Å²) in [5.74, 6) is -0.0475. The van der Waals surface area contributed by atoms with Crippen molar-refractivity contribution in [1.82, 2.24) is 5.32 Å². The molecule has 0 spiro atoms. The number of carbonyl (C=O) groups excluding carboxylic acids is 1. The van der Waals surface area contributed by atoms with Crippen molar-refractivity contribution in [1.29, 1.82) is 0 Å². The predicted molar refractivity (Wildman–Crippen MR) is 99.2 cm³/mol. The van der Waals surface area contributed by atoms with Gasteiger partial charge in [-0.2, -0.15) is 0 Å². The highest BCUT2D eigenvalue weighted by atomic mass is 19.1. The Morgan fingerprint density at radius 3 is 2.73 bits per heavy atom. The number of hydrogen-bond acceptors (Lipinski definition) is 3. The van der Waals surface area contributed by atoms with Crippen LogP contribution in [0.4, 0.5) is 20.6 Å². The van der Waals surface area contributed by atoms with Crippen molar-refractivity contribution in [3.63, 3.8) is 0 Å². The van der Waals surface area contributed by atoms with E-state index in [4.69, 9.17) is 4.74 Å². The number of rotatable bonds is 4. The number of ether oxygens (including phenoxy) is 1. The summed E-state index contributed by atoms with van der Waals surface area (Å²) < 4.78 is 18.7. The summed E-state index contributed by atoms with van der Waals surface area (Å²) in [5, 5.41) is 5.86. The van der Waals surface area contributed by atoms with Crippen LogP contribution in [0.1, 0.15) is 17.9 Å². The van der Waals surface area contributed by atoms with Gasteiger partial charge in [0.05, 0.1) is 13.2 Å². The summed E-state index contributed by atoms with van der Waals surface area (Å²) in [6.07, 6.45) is 0.838. The molecule has 2 atom stereocenters. The third kappa shape index (κ3) is 3.96. The standard InChI is InChI=1S/C20H22FN3O2/c21-15-4-1-3-14(11-15)18-13-19(18)23-20(25)22-16-5-2-6-17(12-16)24-7-9-26-10-8-24/h1-6,11-12,18-19H,7-10,13H2,(H2,22,23,25)/t18-,19+/m0/s1. The van der Waals surface area contributed by atoms with Crippen molar-refractivity contribution in [2.45, 2.75) is 18.4 Å². The van der Waals surface area contributed by atoms with Gasteiger partial charge in [-0.3, -0.25) is 0 Å². The molecule has 2 N–H and O–H groups in total. The van der Waals surface area contributed by atoms with Gasteiger partial charge in [0.1, 0.15) is 5.82 Å². The lowest BCUT2D eigenvalue weighted by Gasteiger charge is -2.29. The molecule has 2 amide bonds. The van der Waals surface area contributed by atoms with Crippen LogP contribution < -0.4 is 15.5 Å².